The number of rotatable bonds is 1. The Morgan fingerprint density at radius 2 is 1.80 bits per heavy atom. The van der Waals surface area contributed by atoms with Crippen LogP contribution in [-0.2, 0) is 0 Å². The molecular formula is C12H21F3. The lowest BCUT2D eigenvalue weighted by Crippen LogP contribution is -2.19. The fraction of sp³-hybridized carbons (Fsp3) is 0.833. The van der Waals surface area contributed by atoms with Gasteiger partial charge in [-0.15, -0.1) is 0 Å². The third kappa shape index (κ3) is 4.72. The van der Waals surface area contributed by atoms with Crippen molar-refractivity contribution in [1.82, 2.24) is 0 Å². The first kappa shape index (κ1) is 14.5. The highest BCUT2D eigenvalue weighted by atomic mass is 19.4. The van der Waals surface area contributed by atoms with Crippen LogP contribution in [0.2, 0.25) is 0 Å². The molecule has 0 saturated heterocycles. The van der Waals surface area contributed by atoms with Crippen molar-refractivity contribution in [3.8, 4) is 0 Å². The topological polar surface area (TPSA) is 0 Å². The Kier molecular flexibility index (Phi) is 5.99. The molecule has 1 aliphatic carbocycles. The largest absolute Gasteiger partial charge is 0.412 e. The van der Waals surface area contributed by atoms with Crippen molar-refractivity contribution in [3.63, 3.8) is 0 Å². The van der Waals surface area contributed by atoms with Crippen LogP contribution in [0.5, 0.6) is 0 Å². The Morgan fingerprint density at radius 1 is 1.27 bits per heavy atom. The fourth-order valence-corrected chi connectivity index (χ4v) is 1.72. The molecule has 0 bridgehead atoms. The molecular weight excluding hydrogens is 201 g/mol. The van der Waals surface area contributed by atoms with Crippen molar-refractivity contribution in [2.24, 2.45) is 11.8 Å². The van der Waals surface area contributed by atoms with Crippen LogP contribution < -0.4 is 0 Å². The van der Waals surface area contributed by atoms with Gasteiger partial charge in [-0.2, -0.15) is 13.2 Å². The van der Waals surface area contributed by atoms with Gasteiger partial charge in [0, 0.05) is 5.57 Å². The van der Waals surface area contributed by atoms with Crippen LogP contribution in [-0.4, -0.2) is 6.18 Å². The summed E-state index contributed by atoms with van der Waals surface area (Å²) in [5, 5.41) is 0. The molecule has 0 heterocycles. The zero-order valence-corrected chi connectivity index (χ0v) is 9.99. The molecule has 0 fully saturated rings. The van der Waals surface area contributed by atoms with Crippen LogP contribution in [0, 0.1) is 11.8 Å². The molecule has 0 radical (unpaired) electrons. The Morgan fingerprint density at radius 3 is 2.07 bits per heavy atom. The van der Waals surface area contributed by atoms with E-state index in [0.29, 0.717) is 24.7 Å². The van der Waals surface area contributed by atoms with Gasteiger partial charge in [-0.3, -0.25) is 0 Å². The summed E-state index contributed by atoms with van der Waals surface area (Å²) in [5.41, 5.74) is -0.329. The fourth-order valence-electron chi connectivity index (χ4n) is 1.72. The Bertz CT molecular complexity index is 201. The Labute approximate surface area is 90.6 Å². The highest BCUT2D eigenvalue weighted by Crippen LogP contribution is 2.37. The number of hydrogen-bond donors (Lipinski definition) is 0. The third-order valence-corrected chi connectivity index (χ3v) is 2.76. The smallest absolute Gasteiger partial charge is 0.166 e. The molecule has 1 rings (SSSR count). The highest BCUT2D eigenvalue weighted by Gasteiger charge is 2.35. The van der Waals surface area contributed by atoms with Crippen LogP contribution in [0.1, 0.15) is 47.0 Å². The van der Waals surface area contributed by atoms with Crippen molar-refractivity contribution < 1.29 is 13.2 Å². The molecule has 3 heteroatoms. The van der Waals surface area contributed by atoms with Crippen molar-refractivity contribution in [2.75, 3.05) is 0 Å². The molecule has 1 atom stereocenters. The van der Waals surface area contributed by atoms with E-state index in [-0.39, 0.29) is 12.0 Å². The summed E-state index contributed by atoms with van der Waals surface area (Å²) >= 11 is 0. The molecule has 0 saturated carbocycles. The molecule has 0 aromatic heterocycles. The molecule has 0 nitrogen and oxygen atoms in total. The summed E-state index contributed by atoms with van der Waals surface area (Å²) in [6.45, 7) is 8.13. The van der Waals surface area contributed by atoms with Gasteiger partial charge in [0.1, 0.15) is 0 Å². The minimum Gasteiger partial charge on any atom is -0.166 e. The monoisotopic (exact) mass is 222 g/mol. The number of alkyl halides is 3. The van der Waals surface area contributed by atoms with E-state index in [2.05, 4.69) is 13.8 Å². The number of hydrogen-bond acceptors (Lipinski definition) is 0. The second-order valence-corrected chi connectivity index (χ2v) is 4.01. The molecule has 0 spiro atoms. The lowest BCUT2D eigenvalue weighted by molar-refractivity contribution is -0.0958. The summed E-state index contributed by atoms with van der Waals surface area (Å²) < 4.78 is 36.6. The molecule has 0 aliphatic heterocycles. The van der Waals surface area contributed by atoms with Crippen molar-refractivity contribution >= 4 is 0 Å². The molecule has 1 aliphatic rings. The van der Waals surface area contributed by atoms with E-state index < -0.39 is 6.18 Å². The first-order chi connectivity index (χ1) is 6.91. The maximum absolute atomic E-state index is 12.2. The van der Waals surface area contributed by atoms with E-state index >= 15 is 0 Å². The summed E-state index contributed by atoms with van der Waals surface area (Å²) in [4.78, 5) is 0. The molecule has 0 aromatic carbocycles. The molecule has 90 valence electrons. The Balaban J connectivity index is 0.000000921. The van der Waals surface area contributed by atoms with E-state index in [1.807, 2.05) is 13.8 Å². The second-order valence-electron chi connectivity index (χ2n) is 4.01. The number of halogens is 3. The van der Waals surface area contributed by atoms with Gasteiger partial charge in [0.15, 0.2) is 0 Å². The molecule has 0 amide bonds. The summed E-state index contributed by atoms with van der Waals surface area (Å²) in [6, 6.07) is 0. The summed E-state index contributed by atoms with van der Waals surface area (Å²) in [5.74, 6) is 0.928. The van der Waals surface area contributed by atoms with Crippen molar-refractivity contribution in [1.29, 1.82) is 0 Å². The standard InChI is InChI=1S/C10H15F3.C2H6/c1-7(2)8-3-5-9(6-4-8)10(11,12)13;1-2/h5,7-8H,3-4,6H2,1-2H3;1-2H3. The average molecular weight is 222 g/mol. The van der Waals surface area contributed by atoms with Gasteiger partial charge in [0.2, 0.25) is 0 Å². The van der Waals surface area contributed by atoms with Crippen LogP contribution in [0.3, 0.4) is 0 Å². The van der Waals surface area contributed by atoms with Gasteiger partial charge in [-0.25, -0.2) is 0 Å². The normalized spacial score (nSPS) is 21.9. The lowest BCUT2D eigenvalue weighted by Gasteiger charge is -2.25. The van der Waals surface area contributed by atoms with E-state index in [0.717, 1.165) is 0 Å². The van der Waals surface area contributed by atoms with Crippen molar-refractivity contribution in [3.05, 3.63) is 11.6 Å². The summed E-state index contributed by atoms with van der Waals surface area (Å²) in [7, 11) is 0. The quantitative estimate of drug-likeness (QED) is 0.550. The predicted octanol–water partition coefficient (Wildman–Crippen LogP) is 4.96. The highest BCUT2D eigenvalue weighted by molar-refractivity contribution is 5.12. The Hall–Kier alpha value is -0.470. The maximum atomic E-state index is 12.2. The number of allylic oxidation sites excluding steroid dienone is 2. The molecule has 0 aromatic rings. The van der Waals surface area contributed by atoms with Crippen molar-refractivity contribution in [2.45, 2.75) is 53.1 Å². The third-order valence-electron chi connectivity index (χ3n) is 2.76. The maximum Gasteiger partial charge on any atom is 0.412 e. The minimum atomic E-state index is -4.10. The second kappa shape index (κ2) is 6.19. The molecule has 0 N–H and O–H groups in total. The van der Waals surface area contributed by atoms with Crippen LogP contribution in [0.15, 0.2) is 11.6 Å². The van der Waals surface area contributed by atoms with Gasteiger partial charge in [-0.05, 0) is 31.1 Å². The zero-order chi connectivity index (χ0) is 12.1. The van der Waals surface area contributed by atoms with E-state index in [4.69, 9.17) is 0 Å². The average Bonchev–Trinajstić information content (AvgIpc) is 2.20. The first-order valence-electron chi connectivity index (χ1n) is 5.67. The lowest BCUT2D eigenvalue weighted by atomic mass is 9.82. The van der Waals surface area contributed by atoms with E-state index in [9.17, 15) is 13.2 Å². The SMILES string of the molecule is CC.CC(C)C1CC=C(C(F)(F)F)CC1. The van der Waals surface area contributed by atoms with Crippen LogP contribution in [0.25, 0.3) is 0 Å². The van der Waals surface area contributed by atoms with Gasteiger partial charge in [0.25, 0.3) is 0 Å². The first-order valence-corrected chi connectivity index (χ1v) is 5.67. The van der Waals surface area contributed by atoms with E-state index in [1.165, 1.54) is 6.08 Å². The summed E-state index contributed by atoms with van der Waals surface area (Å²) in [6.07, 6.45) is -1.25. The van der Waals surface area contributed by atoms with Gasteiger partial charge in [-0.1, -0.05) is 33.8 Å². The molecule has 1 unspecified atom stereocenters. The zero-order valence-electron chi connectivity index (χ0n) is 9.99. The minimum absolute atomic E-state index is 0.201. The van der Waals surface area contributed by atoms with Gasteiger partial charge >= 0.3 is 6.18 Å². The van der Waals surface area contributed by atoms with Crippen LogP contribution in [0.4, 0.5) is 13.2 Å². The van der Waals surface area contributed by atoms with Gasteiger partial charge in [0.05, 0.1) is 0 Å². The van der Waals surface area contributed by atoms with Gasteiger partial charge < -0.3 is 0 Å². The van der Waals surface area contributed by atoms with Crippen LogP contribution >= 0.6 is 0 Å². The predicted molar refractivity (Wildman–Crippen MR) is 57.7 cm³/mol. The van der Waals surface area contributed by atoms with E-state index in [1.54, 1.807) is 0 Å². The molecule has 15 heavy (non-hydrogen) atoms.